The Labute approximate surface area is 188 Å². The number of nitrogens with one attached hydrogen (secondary N) is 1. The fourth-order valence-corrected chi connectivity index (χ4v) is 4.43. The van der Waals surface area contributed by atoms with Gasteiger partial charge in [-0.1, -0.05) is 19.0 Å². The molecular weight excluding hydrogens is 487 g/mol. The molecule has 0 unspecified atom stereocenters. The summed E-state index contributed by atoms with van der Waals surface area (Å²) in [5.41, 5.74) is 2.21. The van der Waals surface area contributed by atoms with Crippen LogP contribution in [0, 0.1) is 13.8 Å². The molecule has 1 fully saturated rings. The normalized spacial score (nSPS) is 15.8. The lowest BCUT2D eigenvalue weighted by atomic mass is 10.1. The van der Waals surface area contributed by atoms with Crippen molar-refractivity contribution in [3.63, 3.8) is 0 Å². The number of thiazole rings is 1. The molecule has 0 aromatic carbocycles. The van der Waals surface area contributed by atoms with E-state index in [0.717, 1.165) is 61.7 Å². The van der Waals surface area contributed by atoms with Gasteiger partial charge in [-0.2, -0.15) is 0 Å². The molecule has 9 heteroatoms. The van der Waals surface area contributed by atoms with Crippen molar-refractivity contribution in [1.82, 2.24) is 25.3 Å². The van der Waals surface area contributed by atoms with Gasteiger partial charge < -0.3 is 14.7 Å². The number of guanidine groups is 1. The molecule has 3 rings (SSSR count). The zero-order valence-electron chi connectivity index (χ0n) is 17.4. The predicted octanol–water partition coefficient (Wildman–Crippen LogP) is 3.38. The lowest BCUT2D eigenvalue weighted by Crippen LogP contribution is -2.52. The minimum atomic E-state index is 0. The van der Waals surface area contributed by atoms with Crippen molar-refractivity contribution in [1.29, 1.82) is 0 Å². The summed E-state index contributed by atoms with van der Waals surface area (Å²) >= 11 is 1.77. The summed E-state index contributed by atoms with van der Waals surface area (Å²) in [6, 6.07) is 2.01. The van der Waals surface area contributed by atoms with E-state index in [9.17, 15) is 0 Å². The fourth-order valence-electron chi connectivity index (χ4n) is 3.40. The average molecular weight is 518 g/mol. The van der Waals surface area contributed by atoms with Crippen molar-refractivity contribution in [3.05, 3.63) is 33.1 Å². The Hall–Kier alpha value is -1.20. The summed E-state index contributed by atoms with van der Waals surface area (Å²) in [5.74, 6) is 2.29. The predicted molar refractivity (Wildman–Crippen MR) is 125 cm³/mol. The molecule has 0 aliphatic carbocycles. The molecule has 1 saturated heterocycles. The number of aliphatic imine (C=N–C) groups is 1. The van der Waals surface area contributed by atoms with E-state index in [2.05, 4.69) is 46.0 Å². The second kappa shape index (κ2) is 10.5. The maximum Gasteiger partial charge on any atom is 0.194 e. The van der Waals surface area contributed by atoms with Gasteiger partial charge in [-0.05, 0) is 19.8 Å². The lowest BCUT2D eigenvalue weighted by molar-refractivity contribution is 0.169. The first-order valence-corrected chi connectivity index (χ1v) is 10.3. The van der Waals surface area contributed by atoms with E-state index in [1.54, 1.807) is 11.3 Å². The first-order chi connectivity index (χ1) is 13.0. The molecule has 1 N–H and O–H groups in total. The van der Waals surface area contributed by atoms with E-state index in [1.807, 2.05) is 20.0 Å². The molecule has 2 aromatic rings. The van der Waals surface area contributed by atoms with Crippen LogP contribution in [0.25, 0.3) is 0 Å². The molecule has 0 bridgehead atoms. The largest absolute Gasteiger partial charge is 0.361 e. The van der Waals surface area contributed by atoms with Crippen molar-refractivity contribution >= 4 is 41.3 Å². The number of rotatable bonds is 5. The molecule has 1 aliphatic rings. The number of aryl methyl sites for hydroxylation is 2. The molecule has 0 saturated carbocycles. The third kappa shape index (κ3) is 5.90. The number of nitrogens with zero attached hydrogens (tertiary/aromatic N) is 5. The van der Waals surface area contributed by atoms with Gasteiger partial charge in [-0.25, -0.2) is 4.98 Å². The third-order valence-corrected chi connectivity index (χ3v) is 5.75. The van der Waals surface area contributed by atoms with Crippen LogP contribution in [0.5, 0.6) is 0 Å². The highest BCUT2D eigenvalue weighted by molar-refractivity contribution is 14.0. The molecule has 28 heavy (non-hydrogen) atoms. The van der Waals surface area contributed by atoms with Crippen LogP contribution in [0.3, 0.4) is 0 Å². The Morgan fingerprint density at radius 1 is 1.29 bits per heavy atom. The Bertz CT molecular complexity index is 779. The SMILES string of the molecule is CN=C(NCc1nc(C(C)C)c(C)s1)N1CCN(Cc2cc(C)on2)CC1.I. The maximum absolute atomic E-state index is 5.16. The second-order valence-electron chi connectivity index (χ2n) is 7.30. The van der Waals surface area contributed by atoms with Crippen molar-refractivity contribution in [2.75, 3.05) is 33.2 Å². The Morgan fingerprint density at radius 2 is 2.00 bits per heavy atom. The number of halogens is 1. The standard InChI is InChI=1S/C19H30N6OS.HI/c1-13(2)18-15(4)27-17(22-18)11-21-19(20-5)25-8-6-24(7-9-25)12-16-10-14(3)26-23-16;/h10,13H,6-9,11-12H2,1-5H3,(H,20,21);1H. The van der Waals surface area contributed by atoms with Crippen LogP contribution in [-0.2, 0) is 13.1 Å². The third-order valence-electron chi connectivity index (χ3n) is 4.77. The number of hydrogen-bond donors (Lipinski definition) is 1. The minimum absolute atomic E-state index is 0. The van der Waals surface area contributed by atoms with Crippen LogP contribution in [-0.4, -0.2) is 59.1 Å². The molecule has 2 aromatic heterocycles. The van der Waals surface area contributed by atoms with Crippen LogP contribution in [0.2, 0.25) is 0 Å². The van der Waals surface area contributed by atoms with Gasteiger partial charge in [0.15, 0.2) is 5.96 Å². The minimum Gasteiger partial charge on any atom is -0.361 e. The number of hydrogen-bond acceptors (Lipinski definition) is 6. The van der Waals surface area contributed by atoms with Crippen molar-refractivity contribution in [2.24, 2.45) is 4.99 Å². The summed E-state index contributed by atoms with van der Waals surface area (Å²) in [6.07, 6.45) is 0. The van der Waals surface area contributed by atoms with Crippen LogP contribution < -0.4 is 5.32 Å². The van der Waals surface area contributed by atoms with E-state index in [4.69, 9.17) is 9.51 Å². The second-order valence-corrected chi connectivity index (χ2v) is 8.58. The topological polar surface area (TPSA) is 69.8 Å². The van der Waals surface area contributed by atoms with E-state index < -0.39 is 0 Å². The zero-order chi connectivity index (χ0) is 19.4. The first-order valence-electron chi connectivity index (χ1n) is 9.52. The van der Waals surface area contributed by atoms with Gasteiger partial charge in [0.25, 0.3) is 0 Å². The van der Waals surface area contributed by atoms with E-state index in [0.29, 0.717) is 5.92 Å². The Balaban J connectivity index is 0.00000280. The number of piperazine rings is 1. The van der Waals surface area contributed by atoms with Gasteiger partial charge in [0.2, 0.25) is 0 Å². The van der Waals surface area contributed by atoms with E-state index >= 15 is 0 Å². The Kier molecular flexibility index (Phi) is 8.69. The Morgan fingerprint density at radius 3 is 2.54 bits per heavy atom. The smallest absolute Gasteiger partial charge is 0.194 e. The summed E-state index contributed by atoms with van der Waals surface area (Å²) in [6.45, 7) is 13.9. The van der Waals surface area contributed by atoms with Crippen LogP contribution in [0.15, 0.2) is 15.6 Å². The summed E-state index contributed by atoms with van der Waals surface area (Å²) < 4.78 is 5.16. The molecule has 0 radical (unpaired) electrons. The lowest BCUT2D eigenvalue weighted by Gasteiger charge is -2.36. The molecule has 1 aliphatic heterocycles. The monoisotopic (exact) mass is 518 g/mol. The van der Waals surface area contributed by atoms with Crippen molar-refractivity contribution in [3.8, 4) is 0 Å². The molecule has 0 atom stereocenters. The molecule has 0 spiro atoms. The van der Waals surface area contributed by atoms with Gasteiger partial charge in [0, 0.05) is 50.7 Å². The highest BCUT2D eigenvalue weighted by atomic mass is 127. The van der Waals surface area contributed by atoms with E-state index in [1.165, 1.54) is 10.6 Å². The highest BCUT2D eigenvalue weighted by Crippen LogP contribution is 2.24. The van der Waals surface area contributed by atoms with Crippen LogP contribution >= 0.6 is 35.3 Å². The van der Waals surface area contributed by atoms with Crippen LogP contribution in [0.1, 0.15) is 46.8 Å². The highest BCUT2D eigenvalue weighted by Gasteiger charge is 2.21. The van der Waals surface area contributed by atoms with Gasteiger partial charge in [0.05, 0.1) is 17.9 Å². The molecular formula is C19H31IN6OS. The first kappa shape index (κ1) is 23.1. The molecule has 0 amide bonds. The molecule has 156 valence electrons. The molecule has 7 nitrogen and oxygen atoms in total. The zero-order valence-corrected chi connectivity index (χ0v) is 20.5. The van der Waals surface area contributed by atoms with Gasteiger partial charge in [-0.3, -0.25) is 9.89 Å². The van der Waals surface area contributed by atoms with Gasteiger partial charge in [-0.15, -0.1) is 35.3 Å². The fraction of sp³-hybridized carbons (Fsp3) is 0.632. The quantitative estimate of drug-likeness (QED) is 0.372. The van der Waals surface area contributed by atoms with E-state index in [-0.39, 0.29) is 24.0 Å². The summed E-state index contributed by atoms with van der Waals surface area (Å²) in [7, 11) is 1.85. The summed E-state index contributed by atoms with van der Waals surface area (Å²) in [5, 5.41) is 8.70. The molecule has 3 heterocycles. The van der Waals surface area contributed by atoms with Gasteiger partial charge in [0.1, 0.15) is 10.8 Å². The van der Waals surface area contributed by atoms with Crippen molar-refractivity contribution in [2.45, 2.75) is 46.7 Å². The van der Waals surface area contributed by atoms with Crippen LogP contribution in [0.4, 0.5) is 0 Å². The van der Waals surface area contributed by atoms with Crippen molar-refractivity contribution < 1.29 is 4.52 Å². The summed E-state index contributed by atoms with van der Waals surface area (Å²) in [4.78, 5) is 15.3. The average Bonchev–Trinajstić information content (AvgIpc) is 3.22. The maximum atomic E-state index is 5.16. The number of aromatic nitrogens is 2. The van der Waals surface area contributed by atoms with Gasteiger partial charge >= 0.3 is 0 Å².